The third kappa shape index (κ3) is 45.4. The molecule has 0 aliphatic heterocycles. The molecule has 0 spiro atoms. The van der Waals surface area contributed by atoms with E-state index in [0.29, 0.717) is 19.6 Å². The van der Waals surface area contributed by atoms with Gasteiger partial charge in [0.1, 0.15) is 6.10 Å². The van der Waals surface area contributed by atoms with Crippen LogP contribution in [-0.2, 0) is 14.3 Å². The third-order valence-corrected chi connectivity index (χ3v) is 11.1. The Morgan fingerprint density at radius 2 is 0.736 bits per heavy atom. The zero-order valence-electron chi connectivity index (χ0n) is 36.3. The number of aliphatic hydroxyl groups is 1. The van der Waals surface area contributed by atoms with Gasteiger partial charge in [0, 0.05) is 13.0 Å². The van der Waals surface area contributed by atoms with Crippen molar-refractivity contribution in [3.63, 3.8) is 0 Å². The number of ether oxygens (including phenoxy) is 2. The van der Waals surface area contributed by atoms with Gasteiger partial charge in [-0.05, 0) is 38.5 Å². The predicted octanol–water partition coefficient (Wildman–Crippen LogP) is 16.1. The van der Waals surface area contributed by atoms with Gasteiger partial charge in [-0.15, -0.1) is 0 Å². The van der Waals surface area contributed by atoms with Crippen molar-refractivity contribution in [2.75, 3.05) is 19.8 Å². The van der Waals surface area contributed by atoms with Gasteiger partial charge < -0.3 is 14.6 Å². The van der Waals surface area contributed by atoms with Gasteiger partial charge >= 0.3 is 5.97 Å². The number of allylic oxidation sites excluding steroid dienone is 2. The Morgan fingerprint density at radius 1 is 0.434 bits per heavy atom. The van der Waals surface area contributed by atoms with Crippen molar-refractivity contribution in [2.45, 2.75) is 277 Å². The second kappa shape index (κ2) is 47.3. The normalized spacial score (nSPS) is 12.3. The Bertz CT molecular complexity index is 707. The van der Waals surface area contributed by atoms with Crippen LogP contribution < -0.4 is 0 Å². The van der Waals surface area contributed by atoms with Gasteiger partial charge in [-0.2, -0.15) is 0 Å². The molecule has 0 heterocycles. The van der Waals surface area contributed by atoms with E-state index in [0.717, 1.165) is 19.3 Å². The van der Waals surface area contributed by atoms with Gasteiger partial charge in [0.25, 0.3) is 0 Å². The number of hydrogen-bond acceptors (Lipinski definition) is 4. The standard InChI is InChI=1S/C49H96O4/c1-3-5-7-9-11-13-15-17-19-21-22-23-24-25-26-27-29-31-33-35-37-39-41-43-45-52-47-48(46-50)53-49(51)44-42-40-38-36-34-32-30-28-20-18-16-14-12-10-8-6-4-2/h18,20,48,50H,3-17,19,21-47H2,1-2H3/b20-18-. The lowest BCUT2D eigenvalue weighted by atomic mass is 10.0. The number of esters is 1. The zero-order valence-corrected chi connectivity index (χ0v) is 36.3. The van der Waals surface area contributed by atoms with Crippen LogP contribution in [0, 0.1) is 0 Å². The van der Waals surface area contributed by atoms with Crippen molar-refractivity contribution in [1.29, 1.82) is 0 Å². The van der Waals surface area contributed by atoms with Crippen LogP contribution >= 0.6 is 0 Å². The number of carbonyl (C=O) groups excluding carboxylic acids is 1. The maximum absolute atomic E-state index is 12.2. The minimum absolute atomic E-state index is 0.167. The molecule has 4 heteroatoms. The molecule has 316 valence electrons. The highest BCUT2D eigenvalue weighted by atomic mass is 16.6. The molecule has 4 nitrogen and oxygen atoms in total. The Morgan fingerprint density at radius 3 is 1.08 bits per heavy atom. The van der Waals surface area contributed by atoms with Crippen molar-refractivity contribution < 1.29 is 19.4 Å². The Balaban J connectivity index is 3.34. The average molecular weight is 749 g/mol. The summed E-state index contributed by atoms with van der Waals surface area (Å²) in [5.74, 6) is -0.199. The largest absolute Gasteiger partial charge is 0.457 e. The summed E-state index contributed by atoms with van der Waals surface area (Å²) in [5, 5.41) is 9.63. The summed E-state index contributed by atoms with van der Waals surface area (Å²) in [6, 6.07) is 0. The van der Waals surface area contributed by atoms with E-state index in [1.54, 1.807) is 0 Å². The highest BCUT2D eigenvalue weighted by Crippen LogP contribution is 2.16. The van der Waals surface area contributed by atoms with Gasteiger partial charge in [0.05, 0.1) is 13.2 Å². The number of unbranched alkanes of at least 4 members (excludes halogenated alkanes) is 36. The van der Waals surface area contributed by atoms with Gasteiger partial charge in [-0.3, -0.25) is 4.79 Å². The minimum Gasteiger partial charge on any atom is -0.457 e. The first-order valence-electron chi connectivity index (χ1n) is 24.3. The van der Waals surface area contributed by atoms with Crippen LogP contribution in [0.15, 0.2) is 12.2 Å². The van der Waals surface area contributed by atoms with Crippen LogP contribution in [0.2, 0.25) is 0 Å². The van der Waals surface area contributed by atoms with Crippen LogP contribution in [0.1, 0.15) is 271 Å². The lowest BCUT2D eigenvalue weighted by molar-refractivity contribution is -0.154. The van der Waals surface area contributed by atoms with Gasteiger partial charge in [0.15, 0.2) is 0 Å². The molecular formula is C49H96O4. The summed E-state index contributed by atoms with van der Waals surface area (Å²) in [4.78, 5) is 12.2. The topological polar surface area (TPSA) is 55.8 Å². The number of rotatable bonds is 46. The van der Waals surface area contributed by atoms with E-state index < -0.39 is 6.10 Å². The van der Waals surface area contributed by atoms with Gasteiger partial charge in [-0.25, -0.2) is 0 Å². The molecule has 0 bridgehead atoms. The van der Waals surface area contributed by atoms with E-state index in [1.807, 2.05) is 0 Å². The molecule has 0 aromatic carbocycles. The highest BCUT2D eigenvalue weighted by molar-refractivity contribution is 5.69. The molecule has 0 fully saturated rings. The van der Waals surface area contributed by atoms with Crippen LogP contribution in [0.5, 0.6) is 0 Å². The molecular weight excluding hydrogens is 653 g/mol. The smallest absolute Gasteiger partial charge is 0.306 e. The number of aliphatic hydroxyl groups excluding tert-OH is 1. The molecule has 0 radical (unpaired) electrons. The monoisotopic (exact) mass is 749 g/mol. The van der Waals surface area contributed by atoms with Gasteiger partial charge in [-0.1, -0.05) is 238 Å². The number of hydrogen-bond donors (Lipinski definition) is 1. The molecule has 0 aromatic heterocycles. The summed E-state index contributed by atoms with van der Waals surface area (Å²) >= 11 is 0. The molecule has 0 aliphatic carbocycles. The van der Waals surface area contributed by atoms with E-state index in [1.165, 1.54) is 231 Å². The molecule has 0 saturated heterocycles. The van der Waals surface area contributed by atoms with Crippen molar-refractivity contribution in [2.24, 2.45) is 0 Å². The number of carbonyl (C=O) groups is 1. The Kier molecular flexibility index (Phi) is 46.5. The lowest BCUT2D eigenvalue weighted by Crippen LogP contribution is -2.27. The summed E-state index contributed by atoms with van der Waals surface area (Å²) < 4.78 is 11.2. The van der Waals surface area contributed by atoms with E-state index in [-0.39, 0.29) is 12.6 Å². The quantitative estimate of drug-likeness (QED) is 0.0383. The molecule has 1 N–H and O–H groups in total. The molecule has 1 atom stereocenters. The van der Waals surface area contributed by atoms with E-state index >= 15 is 0 Å². The Hall–Kier alpha value is -0.870. The second-order valence-corrected chi connectivity index (χ2v) is 16.5. The molecule has 0 rings (SSSR count). The van der Waals surface area contributed by atoms with Crippen molar-refractivity contribution in [3.8, 4) is 0 Å². The van der Waals surface area contributed by atoms with Crippen LogP contribution in [0.3, 0.4) is 0 Å². The fourth-order valence-electron chi connectivity index (χ4n) is 7.44. The maximum atomic E-state index is 12.2. The first-order chi connectivity index (χ1) is 26.2. The third-order valence-electron chi connectivity index (χ3n) is 11.1. The molecule has 0 aromatic rings. The van der Waals surface area contributed by atoms with Gasteiger partial charge in [0.2, 0.25) is 0 Å². The van der Waals surface area contributed by atoms with Crippen molar-refractivity contribution in [1.82, 2.24) is 0 Å². The van der Waals surface area contributed by atoms with E-state index in [2.05, 4.69) is 26.0 Å². The van der Waals surface area contributed by atoms with Crippen molar-refractivity contribution >= 4 is 5.97 Å². The first-order valence-corrected chi connectivity index (χ1v) is 24.3. The predicted molar refractivity (Wildman–Crippen MR) is 233 cm³/mol. The van der Waals surface area contributed by atoms with Crippen LogP contribution in [0.4, 0.5) is 0 Å². The fourth-order valence-corrected chi connectivity index (χ4v) is 7.44. The summed E-state index contributed by atoms with van der Waals surface area (Å²) in [6.45, 7) is 5.39. The molecule has 0 aliphatic rings. The summed E-state index contributed by atoms with van der Waals surface area (Å²) in [7, 11) is 0. The molecule has 0 saturated carbocycles. The zero-order chi connectivity index (χ0) is 38.4. The summed E-state index contributed by atoms with van der Waals surface area (Å²) in [6.07, 6.45) is 57.3. The lowest BCUT2D eigenvalue weighted by Gasteiger charge is -2.16. The molecule has 0 amide bonds. The Labute approximate surface area is 333 Å². The minimum atomic E-state index is -0.531. The molecule has 1 unspecified atom stereocenters. The van der Waals surface area contributed by atoms with E-state index in [9.17, 15) is 9.90 Å². The summed E-state index contributed by atoms with van der Waals surface area (Å²) in [5.41, 5.74) is 0. The second-order valence-electron chi connectivity index (χ2n) is 16.5. The first kappa shape index (κ1) is 52.1. The molecule has 53 heavy (non-hydrogen) atoms. The van der Waals surface area contributed by atoms with Crippen LogP contribution in [0.25, 0.3) is 0 Å². The van der Waals surface area contributed by atoms with Crippen LogP contribution in [-0.4, -0.2) is 37.0 Å². The average Bonchev–Trinajstić information content (AvgIpc) is 3.16. The van der Waals surface area contributed by atoms with Crippen molar-refractivity contribution in [3.05, 3.63) is 12.2 Å². The SMILES string of the molecule is CCCCCCCC/C=C\CCCCCCCCCC(=O)OC(CO)COCCCCCCCCCCCCCCCCCCCCCCCCCC. The van der Waals surface area contributed by atoms with E-state index in [4.69, 9.17) is 9.47 Å². The highest BCUT2D eigenvalue weighted by Gasteiger charge is 2.13. The maximum Gasteiger partial charge on any atom is 0.306 e. The fraction of sp³-hybridized carbons (Fsp3) is 0.939.